The Hall–Kier alpha value is -1.66. The van der Waals surface area contributed by atoms with Crippen molar-refractivity contribution in [2.75, 3.05) is 6.61 Å². The Kier molecular flexibility index (Phi) is 5.46. The van der Waals surface area contributed by atoms with Crippen molar-refractivity contribution in [1.82, 2.24) is 0 Å². The van der Waals surface area contributed by atoms with Gasteiger partial charge in [-0.1, -0.05) is 67.1 Å². The number of hydrogen-bond acceptors (Lipinski definition) is 2. The van der Waals surface area contributed by atoms with Gasteiger partial charge >= 0.3 is 5.97 Å². The van der Waals surface area contributed by atoms with Crippen molar-refractivity contribution in [2.24, 2.45) is 5.92 Å². The fourth-order valence-corrected chi connectivity index (χ4v) is 6.61. The van der Waals surface area contributed by atoms with E-state index in [-0.39, 0.29) is 11.9 Å². The second kappa shape index (κ2) is 7.75. The fraction of sp³-hybridized carbons (Fsp3) is 0.350. The van der Waals surface area contributed by atoms with E-state index in [1.165, 1.54) is 10.6 Å². The molecule has 2 aromatic rings. The van der Waals surface area contributed by atoms with Gasteiger partial charge in [0.1, 0.15) is 0 Å². The van der Waals surface area contributed by atoms with Gasteiger partial charge in [0, 0.05) is 5.66 Å². The summed E-state index contributed by atoms with van der Waals surface area (Å²) in [4.78, 5) is 12.4. The van der Waals surface area contributed by atoms with Gasteiger partial charge in [-0.25, -0.2) is 0 Å². The second-order valence-electron chi connectivity index (χ2n) is 5.90. The van der Waals surface area contributed by atoms with E-state index in [0.29, 0.717) is 12.3 Å². The summed E-state index contributed by atoms with van der Waals surface area (Å²) in [6.07, 6.45) is 3.19. The number of ether oxygens (including phenoxy) is 1. The maximum atomic E-state index is 12.4. The van der Waals surface area contributed by atoms with Gasteiger partial charge in [0.05, 0.1) is 12.5 Å². The zero-order valence-electron chi connectivity index (χ0n) is 13.5. The maximum Gasteiger partial charge on any atom is 0.309 e. The molecule has 0 aromatic heterocycles. The van der Waals surface area contributed by atoms with Crippen LogP contribution in [0, 0.1) is 5.92 Å². The van der Waals surface area contributed by atoms with Gasteiger partial charge in [0.25, 0.3) is 0 Å². The topological polar surface area (TPSA) is 26.3 Å². The smallest absolute Gasteiger partial charge is 0.309 e. The van der Waals surface area contributed by atoms with Crippen LogP contribution in [0.5, 0.6) is 0 Å². The molecule has 0 aliphatic heterocycles. The van der Waals surface area contributed by atoms with Crippen LogP contribution in [0.3, 0.4) is 0 Å². The molecule has 1 aliphatic carbocycles. The lowest BCUT2D eigenvalue weighted by Gasteiger charge is -2.29. The van der Waals surface area contributed by atoms with Crippen molar-refractivity contribution in [3.8, 4) is 0 Å². The van der Waals surface area contributed by atoms with E-state index in [2.05, 4.69) is 60.7 Å². The monoisotopic (exact) mass is 326 g/mol. The zero-order chi connectivity index (χ0) is 16.1. The predicted octanol–water partition coefficient (Wildman–Crippen LogP) is 3.85. The summed E-state index contributed by atoms with van der Waals surface area (Å²) >= 11 is 0. The van der Waals surface area contributed by atoms with Crippen LogP contribution in [-0.4, -0.2) is 18.2 Å². The van der Waals surface area contributed by atoms with Crippen molar-refractivity contribution in [2.45, 2.75) is 31.8 Å². The molecule has 1 fully saturated rings. The number of rotatable bonds is 5. The Bertz CT molecular complexity index is 587. The van der Waals surface area contributed by atoms with Crippen LogP contribution in [0.4, 0.5) is 0 Å². The van der Waals surface area contributed by atoms with Crippen molar-refractivity contribution in [3.05, 3.63) is 60.7 Å². The predicted molar refractivity (Wildman–Crippen MR) is 96.8 cm³/mol. The second-order valence-corrected chi connectivity index (χ2v) is 8.33. The first-order valence-corrected chi connectivity index (χ1v) is 9.78. The Balaban J connectivity index is 1.97. The van der Waals surface area contributed by atoms with Crippen LogP contribution in [0.25, 0.3) is 0 Å². The quantitative estimate of drug-likeness (QED) is 0.616. The van der Waals surface area contributed by atoms with Crippen molar-refractivity contribution < 1.29 is 9.53 Å². The Morgan fingerprint density at radius 1 is 1.00 bits per heavy atom. The van der Waals surface area contributed by atoms with Crippen molar-refractivity contribution in [1.29, 1.82) is 0 Å². The first-order chi connectivity index (χ1) is 11.3. The number of esters is 1. The molecule has 2 atom stereocenters. The number of carbonyl (C=O) groups is 1. The molecule has 2 aromatic carbocycles. The third-order valence-corrected chi connectivity index (χ3v) is 7.46. The standard InChI is InChI=1S/C20H23O2P/c1-2-22-20(21)18-14-9-15-19(18)23(16-10-5-3-6-11-16)17-12-7-4-8-13-17/h3-8,10-13,18-19H,2,9,14-15H2,1H3. The summed E-state index contributed by atoms with van der Waals surface area (Å²) < 4.78 is 5.35. The lowest BCUT2D eigenvalue weighted by molar-refractivity contribution is -0.147. The van der Waals surface area contributed by atoms with Crippen LogP contribution in [0.15, 0.2) is 60.7 Å². The fourth-order valence-electron chi connectivity index (χ4n) is 3.48. The summed E-state index contributed by atoms with van der Waals surface area (Å²) in [6.45, 7) is 2.36. The number of hydrogen-bond donors (Lipinski definition) is 0. The average Bonchev–Trinajstić information content (AvgIpc) is 3.07. The van der Waals surface area contributed by atoms with Crippen molar-refractivity contribution >= 4 is 24.5 Å². The molecule has 3 rings (SSSR count). The lowest BCUT2D eigenvalue weighted by Crippen LogP contribution is -2.30. The molecule has 0 spiro atoms. The average molecular weight is 326 g/mol. The highest BCUT2D eigenvalue weighted by atomic mass is 31.1. The minimum absolute atomic E-state index is 0.00522. The van der Waals surface area contributed by atoms with Crippen LogP contribution in [-0.2, 0) is 9.53 Å². The van der Waals surface area contributed by atoms with Crippen LogP contribution in [0.1, 0.15) is 26.2 Å². The van der Waals surface area contributed by atoms with Crippen molar-refractivity contribution in [3.63, 3.8) is 0 Å². The molecular weight excluding hydrogens is 303 g/mol. The molecule has 2 unspecified atom stereocenters. The summed E-state index contributed by atoms with van der Waals surface area (Å²) in [5.74, 6) is 0.0378. The number of benzene rings is 2. The van der Waals surface area contributed by atoms with Gasteiger partial charge < -0.3 is 4.74 Å². The van der Waals surface area contributed by atoms with Gasteiger partial charge in [-0.3, -0.25) is 4.79 Å². The third-order valence-electron chi connectivity index (χ3n) is 4.47. The molecule has 1 aliphatic rings. The molecule has 120 valence electrons. The van der Waals surface area contributed by atoms with Gasteiger partial charge in [-0.15, -0.1) is 0 Å². The van der Waals surface area contributed by atoms with E-state index in [0.717, 1.165) is 19.3 Å². The minimum Gasteiger partial charge on any atom is -0.466 e. The Morgan fingerprint density at radius 2 is 1.57 bits per heavy atom. The molecule has 0 amide bonds. The lowest BCUT2D eigenvalue weighted by atomic mass is 10.1. The molecule has 3 heteroatoms. The van der Waals surface area contributed by atoms with Gasteiger partial charge in [-0.2, -0.15) is 0 Å². The van der Waals surface area contributed by atoms with E-state index in [4.69, 9.17) is 4.74 Å². The first kappa shape index (κ1) is 16.2. The van der Waals surface area contributed by atoms with E-state index >= 15 is 0 Å². The SMILES string of the molecule is CCOC(=O)C1CCCC1P(c1ccccc1)c1ccccc1. The first-order valence-electron chi connectivity index (χ1n) is 8.37. The van der Waals surface area contributed by atoms with Gasteiger partial charge in [0.2, 0.25) is 0 Å². The summed E-state index contributed by atoms with van der Waals surface area (Å²) in [7, 11) is -0.535. The van der Waals surface area contributed by atoms with E-state index in [1.807, 2.05) is 6.92 Å². The highest BCUT2D eigenvalue weighted by molar-refractivity contribution is 7.73. The summed E-state index contributed by atoms with van der Waals surface area (Å²) in [6, 6.07) is 21.3. The number of carbonyl (C=O) groups excluding carboxylic acids is 1. The highest BCUT2D eigenvalue weighted by Crippen LogP contribution is 2.50. The third kappa shape index (κ3) is 3.64. The highest BCUT2D eigenvalue weighted by Gasteiger charge is 2.39. The Morgan fingerprint density at radius 3 is 2.09 bits per heavy atom. The molecule has 0 radical (unpaired) electrons. The molecule has 0 heterocycles. The summed E-state index contributed by atoms with van der Waals surface area (Å²) in [5, 5.41) is 2.71. The molecular formula is C20H23O2P. The largest absolute Gasteiger partial charge is 0.466 e. The zero-order valence-corrected chi connectivity index (χ0v) is 14.4. The minimum atomic E-state index is -0.535. The molecule has 1 saturated carbocycles. The Labute approximate surface area is 139 Å². The van der Waals surface area contributed by atoms with Gasteiger partial charge in [0.15, 0.2) is 0 Å². The summed E-state index contributed by atoms with van der Waals surface area (Å²) in [5.41, 5.74) is 0.383. The van der Waals surface area contributed by atoms with Gasteiger partial charge in [-0.05, 0) is 38.3 Å². The van der Waals surface area contributed by atoms with E-state index < -0.39 is 7.92 Å². The van der Waals surface area contributed by atoms with E-state index in [1.54, 1.807) is 0 Å². The molecule has 0 bridgehead atoms. The van der Waals surface area contributed by atoms with Crippen LogP contribution >= 0.6 is 7.92 Å². The van der Waals surface area contributed by atoms with E-state index in [9.17, 15) is 4.79 Å². The molecule has 0 saturated heterocycles. The molecule has 0 N–H and O–H groups in total. The molecule has 23 heavy (non-hydrogen) atoms. The van der Waals surface area contributed by atoms with Crippen LogP contribution in [0.2, 0.25) is 0 Å². The normalized spacial score (nSPS) is 20.6. The molecule has 2 nitrogen and oxygen atoms in total. The van der Waals surface area contributed by atoms with Crippen LogP contribution < -0.4 is 10.6 Å². The maximum absolute atomic E-state index is 12.4.